The highest BCUT2D eigenvalue weighted by Gasteiger charge is 2.22. The second kappa shape index (κ2) is 8.99. The van der Waals surface area contributed by atoms with Crippen LogP contribution in [0.2, 0.25) is 4.34 Å². The molecule has 2 aromatic heterocycles. The zero-order valence-corrected chi connectivity index (χ0v) is 17.5. The van der Waals surface area contributed by atoms with Gasteiger partial charge in [-0.15, -0.1) is 11.3 Å². The van der Waals surface area contributed by atoms with Crippen molar-refractivity contribution in [3.63, 3.8) is 0 Å². The Morgan fingerprint density at radius 1 is 1.21 bits per heavy atom. The molecule has 3 heterocycles. The lowest BCUT2D eigenvalue weighted by Crippen LogP contribution is -2.32. The van der Waals surface area contributed by atoms with E-state index in [9.17, 15) is 0 Å². The summed E-state index contributed by atoms with van der Waals surface area (Å²) in [6.07, 6.45) is 2.30. The summed E-state index contributed by atoms with van der Waals surface area (Å²) in [4.78, 5) is 3.73. The summed E-state index contributed by atoms with van der Waals surface area (Å²) in [6.45, 7) is 3.95. The number of benzene rings is 1. The maximum absolute atomic E-state index is 5.98. The van der Waals surface area contributed by atoms with Gasteiger partial charge in [-0.05, 0) is 55.8 Å². The van der Waals surface area contributed by atoms with E-state index >= 15 is 0 Å². The van der Waals surface area contributed by atoms with Gasteiger partial charge in [-0.1, -0.05) is 23.7 Å². The lowest BCUT2D eigenvalue weighted by molar-refractivity contribution is 0.203. The Hall–Kier alpha value is -2.02. The maximum atomic E-state index is 5.98. The molecule has 148 valence electrons. The van der Waals surface area contributed by atoms with Crippen molar-refractivity contribution in [2.24, 2.45) is 0 Å². The molecule has 0 bridgehead atoms. The molecule has 7 heteroatoms. The summed E-state index contributed by atoms with van der Waals surface area (Å²) in [6, 6.07) is 14.5. The van der Waals surface area contributed by atoms with Crippen molar-refractivity contribution in [2.75, 3.05) is 25.5 Å². The molecule has 0 atom stereocenters. The molecule has 1 fully saturated rings. The maximum Gasteiger partial charge on any atom is 0.148 e. The average molecular weight is 417 g/mol. The number of aromatic amines is 1. The van der Waals surface area contributed by atoms with Crippen molar-refractivity contribution >= 4 is 28.8 Å². The van der Waals surface area contributed by atoms with E-state index in [2.05, 4.69) is 38.6 Å². The van der Waals surface area contributed by atoms with Crippen LogP contribution in [0.25, 0.3) is 0 Å². The van der Waals surface area contributed by atoms with Gasteiger partial charge in [-0.25, -0.2) is 0 Å². The van der Waals surface area contributed by atoms with E-state index < -0.39 is 0 Å². The summed E-state index contributed by atoms with van der Waals surface area (Å²) >= 11 is 7.58. The minimum absolute atomic E-state index is 0.548. The number of ether oxygens (including phenoxy) is 1. The van der Waals surface area contributed by atoms with Gasteiger partial charge in [-0.2, -0.15) is 5.10 Å². The average Bonchev–Trinajstić information content (AvgIpc) is 3.36. The minimum atomic E-state index is 0.548. The van der Waals surface area contributed by atoms with Crippen LogP contribution in [0, 0.1) is 0 Å². The fraction of sp³-hybridized carbons (Fsp3) is 0.381. The molecule has 0 unspecified atom stereocenters. The van der Waals surface area contributed by atoms with Crippen molar-refractivity contribution in [1.29, 1.82) is 0 Å². The Labute approximate surface area is 174 Å². The van der Waals surface area contributed by atoms with E-state index in [0.717, 1.165) is 54.9 Å². The predicted molar refractivity (Wildman–Crippen MR) is 115 cm³/mol. The standard InChI is InChI=1S/C21H25ClN4OS/c1-27-17-4-2-15(3-5-17)14-26-10-8-16(9-11-26)19-12-21(25-24-19)23-13-18-6-7-20(22)28-18/h2-7,12,16H,8-11,13-14H2,1H3,(H2,23,24,25). The normalized spacial score (nSPS) is 15.6. The van der Waals surface area contributed by atoms with Crippen molar-refractivity contribution in [3.8, 4) is 5.75 Å². The van der Waals surface area contributed by atoms with Crippen LogP contribution in [-0.4, -0.2) is 35.3 Å². The van der Waals surface area contributed by atoms with Crippen LogP contribution in [0.4, 0.5) is 5.82 Å². The van der Waals surface area contributed by atoms with Crippen LogP contribution >= 0.6 is 22.9 Å². The number of hydrogen-bond donors (Lipinski definition) is 2. The van der Waals surface area contributed by atoms with Crippen LogP contribution in [0.15, 0.2) is 42.5 Å². The van der Waals surface area contributed by atoms with Gasteiger partial charge < -0.3 is 10.1 Å². The highest BCUT2D eigenvalue weighted by molar-refractivity contribution is 7.16. The number of nitrogens with zero attached hydrogens (tertiary/aromatic N) is 2. The Bertz CT molecular complexity index is 884. The second-order valence-corrected chi connectivity index (χ2v) is 8.97. The number of anilines is 1. The number of H-pyrrole nitrogens is 1. The number of piperidine rings is 1. The molecular formula is C21H25ClN4OS. The van der Waals surface area contributed by atoms with Crippen LogP contribution in [-0.2, 0) is 13.1 Å². The molecule has 0 aliphatic carbocycles. The molecule has 1 aliphatic rings. The second-order valence-electron chi connectivity index (χ2n) is 7.17. The van der Waals surface area contributed by atoms with Crippen LogP contribution in [0.3, 0.4) is 0 Å². The molecule has 3 aromatic rings. The van der Waals surface area contributed by atoms with Crippen LogP contribution in [0.5, 0.6) is 5.75 Å². The molecule has 1 aliphatic heterocycles. The van der Waals surface area contributed by atoms with Gasteiger partial charge in [0.1, 0.15) is 11.6 Å². The van der Waals surface area contributed by atoms with Gasteiger partial charge in [0.05, 0.1) is 18.0 Å². The SMILES string of the molecule is COc1ccc(CN2CCC(c3cc(NCc4ccc(Cl)s4)n[nH]3)CC2)cc1. The topological polar surface area (TPSA) is 53.2 Å². The first-order valence-electron chi connectivity index (χ1n) is 9.58. The Morgan fingerprint density at radius 3 is 2.68 bits per heavy atom. The predicted octanol–water partition coefficient (Wildman–Crippen LogP) is 5.12. The molecule has 1 aromatic carbocycles. The Morgan fingerprint density at radius 2 is 2.00 bits per heavy atom. The highest BCUT2D eigenvalue weighted by atomic mass is 35.5. The van der Waals surface area contributed by atoms with E-state index in [0.29, 0.717) is 5.92 Å². The molecule has 0 spiro atoms. The first kappa shape index (κ1) is 19.3. The highest BCUT2D eigenvalue weighted by Crippen LogP contribution is 2.29. The van der Waals surface area contributed by atoms with Crippen molar-refractivity contribution in [1.82, 2.24) is 15.1 Å². The number of rotatable bonds is 7. The molecule has 28 heavy (non-hydrogen) atoms. The molecule has 2 N–H and O–H groups in total. The smallest absolute Gasteiger partial charge is 0.148 e. The quantitative estimate of drug-likeness (QED) is 0.561. The molecule has 1 saturated heterocycles. The summed E-state index contributed by atoms with van der Waals surface area (Å²) in [7, 11) is 1.70. The van der Waals surface area contributed by atoms with Gasteiger partial charge in [0.15, 0.2) is 0 Å². The van der Waals surface area contributed by atoms with E-state index in [1.54, 1.807) is 18.4 Å². The monoisotopic (exact) mass is 416 g/mol. The first-order chi connectivity index (χ1) is 13.7. The van der Waals surface area contributed by atoms with Crippen molar-refractivity contribution in [3.05, 3.63) is 62.9 Å². The molecule has 0 saturated carbocycles. The summed E-state index contributed by atoms with van der Waals surface area (Å²) in [5.74, 6) is 2.36. The number of hydrogen-bond acceptors (Lipinski definition) is 5. The third-order valence-electron chi connectivity index (χ3n) is 5.26. The molecular weight excluding hydrogens is 392 g/mol. The number of halogens is 1. The third kappa shape index (κ3) is 4.87. The number of methoxy groups -OCH3 is 1. The Balaban J connectivity index is 1.26. The van der Waals surface area contributed by atoms with Gasteiger partial charge in [-0.3, -0.25) is 10.00 Å². The molecule has 4 rings (SSSR count). The largest absolute Gasteiger partial charge is 0.497 e. The van der Waals surface area contributed by atoms with Crippen LogP contribution in [0.1, 0.15) is 34.9 Å². The fourth-order valence-electron chi connectivity index (χ4n) is 3.65. The summed E-state index contributed by atoms with van der Waals surface area (Å²) in [5.41, 5.74) is 2.57. The summed E-state index contributed by atoms with van der Waals surface area (Å²) in [5, 5.41) is 11.0. The third-order valence-corrected chi connectivity index (χ3v) is 6.49. The van der Waals surface area contributed by atoms with Gasteiger partial charge >= 0.3 is 0 Å². The lowest BCUT2D eigenvalue weighted by atomic mass is 9.93. The molecule has 0 radical (unpaired) electrons. The number of aromatic nitrogens is 2. The van der Waals surface area contributed by atoms with E-state index in [-0.39, 0.29) is 0 Å². The first-order valence-corrected chi connectivity index (χ1v) is 10.8. The molecule has 0 amide bonds. The number of thiophene rings is 1. The van der Waals surface area contributed by atoms with Gasteiger partial charge in [0, 0.05) is 29.1 Å². The van der Waals surface area contributed by atoms with Crippen LogP contribution < -0.4 is 10.1 Å². The van der Waals surface area contributed by atoms with Gasteiger partial charge in [0.25, 0.3) is 0 Å². The van der Waals surface area contributed by atoms with E-state index in [1.165, 1.54) is 16.1 Å². The molecule has 5 nitrogen and oxygen atoms in total. The Kier molecular flexibility index (Phi) is 6.20. The van der Waals surface area contributed by atoms with E-state index in [1.807, 2.05) is 24.3 Å². The van der Waals surface area contributed by atoms with Crippen molar-refractivity contribution < 1.29 is 4.74 Å². The van der Waals surface area contributed by atoms with E-state index in [4.69, 9.17) is 16.3 Å². The summed E-state index contributed by atoms with van der Waals surface area (Å²) < 4.78 is 6.05. The zero-order chi connectivity index (χ0) is 19.3. The van der Waals surface area contributed by atoms with Crippen molar-refractivity contribution in [2.45, 2.75) is 31.8 Å². The number of nitrogens with one attached hydrogen (secondary N) is 2. The van der Waals surface area contributed by atoms with Gasteiger partial charge in [0.2, 0.25) is 0 Å². The zero-order valence-electron chi connectivity index (χ0n) is 16.0. The number of likely N-dealkylation sites (tertiary alicyclic amines) is 1. The lowest BCUT2D eigenvalue weighted by Gasteiger charge is -2.31. The minimum Gasteiger partial charge on any atom is -0.497 e. The fourth-order valence-corrected chi connectivity index (χ4v) is 4.68.